The number of carboxylic acids is 1. The molecule has 1 aromatic heterocycles. The molecule has 0 spiro atoms. The van der Waals surface area contributed by atoms with Crippen molar-refractivity contribution in [1.82, 2.24) is 4.98 Å². The summed E-state index contributed by atoms with van der Waals surface area (Å²) in [5.41, 5.74) is 1.06. The molecular formula is C11H18N2O2S. The van der Waals surface area contributed by atoms with Gasteiger partial charge in [0.1, 0.15) is 0 Å². The number of hydrogen-bond donors (Lipinski definition) is 1. The Balaban J connectivity index is 2.65. The first-order valence-electron chi connectivity index (χ1n) is 5.31. The maximum Gasteiger partial charge on any atom is 0.308 e. The van der Waals surface area contributed by atoms with Crippen LogP contribution in [0.3, 0.4) is 0 Å². The first kappa shape index (κ1) is 13.0. The Morgan fingerprint density at radius 3 is 2.62 bits per heavy atom. The van der Waals surface area contributed by atoms with Gasteiger partial charge in [-0.3, -0.25) is 4.79 Å². The summed E-state index contributed by atoms with van der Waals surface area (Å²) >= 11 is 1.56. The van der Waals surface area contributed by atoms with Crippen LogP contribution in [0.2, 0.25) is 0 Å². The Labute approximate surface area is 99.9 Å². The van der Waals surface area contributed by atoms with Gasteiger partial charge in [-0.25, -0.2) is 4.98 Å². The van der Waals surface area contributed by atoms with Gasteiger partial charge in [0.05, 0.1) is 11.6 Å². The van der Waals surface area contributed by atoms with E-state index in [1.54, 1.807) is 18.3 Å². The lowest BCUT2D eigenvalue weighted by molar-refractivity contribution is -0.140. The summed E-state index contributed by atoms with van der Waals surface area (Å²) in [7, 11) is 1.88. The molecule has 1 aromatic rings. The standard InChI is InChI=1S/C11H18N2O2S/c1-7(2)9-6-16-11(12-9)13(4)5-8(3)10(14)15/h6-8H,5H2,1-4H3,(H,14,15). The van der Waals surface area contributed by atoms with Gasteiger partial charge in [0.2, 0.25) is 0 Å². The van der Waals surface area contributed by atoms with Crippen molar-refractivity contribution >= 4 is 22.4 Å². The van der Waals surface area contributed by atoms with Crippen LogP contribution in [-0.2, 0) is 4.79 Å². The normalized spacial score (nSPS) is 12.8. The van der Waals surface area contributed by atoms with E-state index in [2.05, 4.69) is 18.8 Å². The number of nitrogens with zero attached hydrogens (tertiary/aromatic N) is 2. The number of anilines is 1. The number of hydrogen-bond acceptors (Lipinski definition) is 4. The lowest BCUT2D eigenvalue weighted by Gasteiger charge is -2.18. The molecule has 1 heterocycles. The Kier molecular flexibility index (Phi) is 4.29. The summed E-state index contributed by atoms with van der Waals surface area (Å²) in [4.78, 5) is 17.1. The molecular weight excluding hydrogens is 224 g/mol. The summed E-state index contributed by atoms with van der Waals surface area (Å²) in [6.07, 6.45) is 0. The minimum Gasteiger partial charge on any atom is -0.481 e. The second-order valence-electron chi connectivity index (χ2n) is 4.33. The van der Waals surface area contributed by atoms with Gasteiger partial charge in [-0.1, -0.05) is 20.8 Å². The van der Waals surface area contributed by atoms with E-state index in [0.29, 0.717) is 12.5 Å². The van der Waals surface area contributed by atoms with E-state index in [1.807, 2.05) is 17.3 Å². The molecule has 0 saturated carbocycles. The number of aromatic nitrogens is 1. The Morgan fingerprint density at radius 1 is 1.56 bits per heavy atom. The predicted molar refractivity (Wildman–Crippen MR) is 66.3 cm³/mol. The Morgan fingerprint density at radius 2 is 2.19 bits per heavy atom. The number of rotatable bonds is 5. The smallest absolute Gasteiger partial charge is 0.308 e. The molecule has 0 bridgehead atoms. The van der Waals surface area contributed by atoms with Crippen LogP contribution < -0.4 is 4.90 Å². The highest BCUT2D eigenvalue weighted by Crippen LogP contribution is 2.24. The van der Waals surface area contributed by atoms with Crippen molar-refractivity contribution in [3.8, 4) is 0 Å². The molecule has 90 valence electrons. The molecule has 0 aliphatic rings. The van der Waals surface area contributed by atoms with E-state index >= 15 is 0 Å². The largest absolute Gasteiger partial charge is 0.481 e. The second-order valence-corrected chi connectivity index (χ2v) is 5.17. The second kappa shape index (κ2) is 5.30. The van der Waals surface area contributed by atoms with Gasteiger partial charge < -0.3 is 10.0 Å². The Hall–Kier alpha value is -1.10. The van der Waals surface area contributed by atoms with Crippen molar-refractivity contribution < 1.29 is 9.90 Å². The van der Waals surface area contributed by atoms with E-state index in [-0.39, 0.29) is 5.92 Å². The zero-order valence-electron chi connectivity index (χ0n) is 10.1. The number of carboxylic acid groups (broad SMARTS) is 1. The average Bonchev–Trinajstić information content (AvgIpc) is 2.65. The SMILES string of the molecule is CC(CN(C)c1nc(C(C)C)cs1)C(=O)O. The van der Waals surface area contributed by atoms with Crippen molar-refractivity contribution in [2.45, 2.75) is 26.7 Å². The lowest BCUT2D eigenvalue weighted by atomic mass is 10.2. The molecule has 16 heavy (non-hydrogen) atoms. The van der Waals surface area contributed by atoms with Crippen LogP contribution in [0, 0.1) is 5.92 Å². The highest BCUT2D eigenvalue weighted by molar-refractivity contribution is 7.13. The zero-order chi connectivity index (χ0) is 12.3. The zero-order valence-corrected chi connectivity index (χ0v) is 10.9. The maximum atomic E-state index is 10.7. The minimum atomic E-state index is -0.771. The van der Waals surface area contributed by atoms with Gasteiger partial charge in [-0.2, -0.15) is 0 Å². The van der Waals surface area contributed by atoms with Gasteiger partial charge in [0.15, 0.2) is 5.13 Å². The quantitative estimate of drug-likeness (QED) is 0.861. The minimum absolute atomic E-state index is 0.378. The van der Waals surface area contributed by atoms with Gasteiger partial charge >= 0.3 is 5.97 Å². The van der Waals surface area contributed by atoms with E-state index in [1.165, 1.54) is 0 Å². The highest BCUT2D eigenvalue weighted by atomic mass is 32.1. The van der Waals surface area contributed by atoms with Crippen LogP contribution in [0.1, 0.15) is 32.4 Å². The molecule has 5 heteroatoms. The summed E-state index contributed by atoms with van der Waals surface area (Å²) in [6.45, 7) is 6.38. The van der Waals surface area contributed by atoms with E-state index in [4.69, 9.17) is 5.11 Å². The van der Waals surface area contributed by atoms with Crippen molar-refractivity contribution in [2.75, 3.05) is 18.5 Å². The topological polar surface area (TPSA) is 53.4 Å². The van der Waals surface area contributed by atoms with Crippen LogP contribution in [-0.4, -0.2) is 29.7 Å². The van der Waals surface area contributed by atoms with E-state index in [0.717, 1.165) is 10.8 Å². The molecule has 0 amide bonds. The third-order valence-electron chi connectivity index (χ3n) is 2.40. The molecule has 0 saturated heterocycles. The summed E-state index contributed by atoms with van der Waals surface area (Å²) < 4.78 is 0. The molecule has 0 fully saturated rings. The van der Waals surface area contributed by atoms with Gasteiger partial charge in [0, 0.05) is 19.0 Å². The average molecular weight is 242 g/mol. The fraction of sp³-hybridized carbons (Fsp3) is 0.636. The molecule has 1 rings (SSSR count). The number of thiazole rings is 1. The summed E-state index contributed by atoms with van der Waals surface area (Å²) in [5.74, 6) is -0.737. The fourth-order valence-corrected chi connectivity index (χ4v) is 2.25. The molecule has 4 nitrogen and oxygen atoms in total. The monoisotopic (exact) mass is 242 g/mol. The van der Waals surface area contributed by atoms with Crippen molar-refractivity contribution in [2.24, 2.45) is 5.92 Å². The first-order chi connectivity index (χ1) is 7.41. The molecule has 0 aliphatic carbocycles. The van der Waals surface area contributed by atoms with Crippen molar-refractivity contribution in [3.63, 3.8) is 0 Å². The molecule has 0 aliphatic heterocycles. The van der Waals surface area contributed by atoms with Crippen molar-refractivity contribution in [3.05, 3.63) is 11.1 Å². The first-order valence-corrected chi connectivity index (χ1v) is 6.19. The lowest BCUT2D eigenvalue weighted by Crippen LogP contribution is -2.28. The van der Waals surface area contributed by atoms with Gasteiger partial charge in [0.25, 0.3) is 0 Å². The predicted octanol–water partition coefficient (Wildman–Crippen LogP) is 2.42. The van der Waals surface area contributed by atoms with Gasteiger partial charge in [-0.15, -0.1) is 11.3 Å². The van der Waals surface area contributed by atoms with Crippen molar-refractivity contribution in [1.29, 1.82) is 0 Å². The van der Waals surface area contributed by atoms with Crippen LogP contribution in [0.25, 0.3) is 0 Å². The highest BCUT2D eigenvalue weighted by Gasteiger charge is 2.16. The molecule has 1 N–H and O–H groups in total. The van der Waals surface area contributed by atoms with Crippen LogP contribution in [0.4, 0.5) is 5.13 Å². The van der Waals surface area contributed by atoms with E-state index in [9.17, 15) is 4.79 Å². The molecule has 1 atom stereocenters. The van der Waals surface area contributed by atoms with Crippen LogP contribution in [0.5, 0.6) is 0 Å². The van der Waals surface area contributed by atoms with Crippen LogP contribution in [0.15, 0.2) is 5.38 Å². The summed E-state index contributed by atoms with van der Waals surface area (Å²) in [6, 6.07) is 0. The number of carbonyl (C=O) groups is 1. The summed E-state index contributed by atoms with van der Waals surface area (Å²) in [5, 5.41) is 11.7. The molecule has 1 unspecified atom stereocenters. The maximum absolute atomic E-state index is 10.7. The van der Waals surface area contributed by atoms with Gasteiger partial charge in [-0.05, 0) is 5.92 Å². The third kappa shape index (κ3) is 3.20. The van der Waals surface area contributed by atoms with E-state index < -0.39 is 5.97 Å². The van der Waals surface area contributed by atoms with Crippen LogP contribution >= 0.6 is 11.3 Å². The Bertz CT molecular complexity index is 363. The molecule has 0 aromatic carbocycles. The fourth-order valence-electron chi connectivity index (χ4n) is 1.28. The molecule has 0 radical (unpaired) electrons. The third-order valence-corrected chi connectivity index (χ3v) is 3.37. The number of aliphatic carboxylic acids is 1.